The van der Waals surface area contributed by atoms with Gasteiger partial charge in [-0.05, 0) is 60.5 Å². The normalized spacial score (nSPS) is 27.1. The third-order valence-corrected chi connectivity index (χ3v) is 4.48. The first-order valence-corrected chi connectivity index (χ1v) is 7.12. The summed E-state index contributed by atoms with van der Waals surface area (Å²) in [4.78, 5) is 0. The average Bonchev–Trinajstić information content (AvgIpc) is 2.96. The van der Waals surface area contributed by atoms with E-state index in [1.165, 1.54) is 24.8 Å². The van der Waals surface area contributed by atoms with Gasteiger partial charge in [-0.1, -0.05) is 6.42 Å². The molecule has 0 radical (unpaired) electrons. The van der Waals surface area contributed by atoms with Gasteiger partial charge >= 0.3 is 0 Å². The van der Waals surface area contributed by atoms with Gasteiger partial charge in [0.1, 0.15) is 0 Å². The van der Waals surface area contributed by atoms with E-state index in [9.17, 15) is 5.11 Å². The number of hydrogen-bond acceptors (Lipinski definition) is 3. The molecule has 1 saturated carbocycles. The molecule has 1 heterocycles. The Labute approximate surface area is 102 Å². The fraction of sp³-hybridized carbons (Fsp3) is 0.692. The molecule has 1 aliphatic carbocycles. The fourth-order valence-corrected chi connectivity index (χ4v) is 3.34. The fourth-order valence-electron chi connectivity index (χ4n) is 2.59. The number of nitrogens with one attached hydrogen (secondary N) is 1. The van der Waals surface area contributed by atoms with Crippen LogP contribution in [-0.2, 0) is 0 Å². The van der Waals surface area contributed by atoms with Gasteiger partial charge < -0.3 is 10.4 Å². The zero-order chi connectivity index (χ0) is 11.4. The summed E-state index contributed by atoms with van der Waals surface area (Å²) in [6.45, 7) is 3.62. The summed E-state index contributed by atoms with van der Waals surface area (Å²) in [7, 11) is 0. The second-order valence-electron chi connectivity index (χ2n) is 4.82. The molecule has 0 aliphatic heterocycles. The highest BCUT2D eigenvalue weighted by Crippen LogP contribution is 2.31. The molecule has 3 unspecified atom stereocenters. The lowest BCUT2D eigenvalue weighted by Crippen LogP contribution is -2.28. The van der Waals surface area contributed by atoms with Crippen LogP contribution in [0.2, 0.25) is 0 Å². The van der Waals surface area contributed by atoms with Gasteiger partial charge in [0, 0.05) is 12.6 Å². The van der Waals surface area contributed by atoms with Crippen LogP contribution in [0, 0.1) is 11.8 Å². The van der Waals surface area contributed by atoms with Crippen molar-refractivity contribution in [3.8, 4) is 0 Å². The van der Waals surface area contributed by atoms with Gasteiger partial charge in [0.25, 0.3) is 0 Å². The summed E-state index contributed by atoms with van der Waals surface area (Å²) in [5.41, 5.74) is 1.38. The molecule has 1 fully saturated rings. The first kappa shape index (κ1) is 12.1. The summed E-state index contributed by atoms with van der Waals surface area (Å²) in [5.74, 6) is 1.20. The van der Waals surface area contributed by atoms with Crippen molar-refractivity contribution < 1.29 is 5.11 Å². The molecule has 0 saturated heterocycles. The van der Waals surface area contributed by atoms with Crippen LogP contribution >= 0.6 is 11.3 Å². The minimum atomic E-state index is 0.360. The molecule has 16 heavy (non-hydrogen) atoms. The lowest BCUT2D eigenvalue weighted by molar-refractivity contribution is 0.190. The highest BCUT2D eigenvalue weighted by atomic mass is 32.1. The Morgan fingerprint density at radius 1 is 1.50 bits per heavy atom. The molecular formula is C13H21NOS. The maximum atomic E-state index is 9.26. The predicted molar refractivity (Wildman–Crippen MR) is 68.7 cm³/mol. The van der Waals surface area contributed by atoms with Gasteiger partial charge in [-0.15, -0.1) is 0 Å². The molecule has 0 spiro atoms. The van der Waals surface area contributed by atoms with Crippen LogP contribution in [0.5, 0.6) is 0 Å². The standard InChI is InChI=1S/C13H21NOS/c1-10(13-5-6-16-9-13)14-7-11-3-2-4-12(11)8-15/h5-6,9-12,14-15H,2-4,7-8H2,1H3. The van der Waals surface area contributed by atoms with Crippen LogP contribution in [0.25, 0.3) is 0 Å². The molecule has 0 bridgehead atoms. The smallest absolute Gasteiger partial charge is 0.0462 e. The minimum absolute atomic E-state index is 0.360. The van der Waals surface area contributed by atoms with Crippen molar-refractivity contribution in [2.24, 2.45) is 11.8 Å². The van der Waals surface area contributed by atoms with Gasteiger partial charge in [-0.3, -0.25) is 0 Å². The summed E-state index contributed by atoms with van der Waals surface area (Å²) in [6, 6.07) is 2.62. The van der Waals surface area contributed by atoms with Crippen molar-refractivity contribution in [1.29, 1.82) is 0 Å². The number of aliphatic hydroxyl groups excluding tert-OH is 1. The van der Waals surface area contributed by atoms with Crippen LogP contribution in [0.1, 0.15) is 37.8 Å². The maximum Gasteiger partial charge on any atom is 0.0462 e. The van der Waals surface area contributed by atoms with E-state index in [-0.39, 0.29) is 0 Å². The monoisotopic (exact) mass is 239 g/mol. The maximum absolute atomic E-state index is 9.26. The highest BCUT2D eigenvalue weighted by molar-refractivity contribution is 7.07. The first-order valence-electron chi connectivity index (χ1n) is 6.17. The van der Waals surface area contributed by atoms with Crippen molar-refractivity contribution in [3.05, 3.63) is 22.4 Å². The van der Waals surface area contributed by atoms with Crippen LogP contribution in [0.3, 0.4) is 0 Å². The van der Waals surface area contributed by atoms with Crippen molar-refractivity contribution in [2.75, 3.05) is 13.2 Å². The van der Waals surface area contributed by atoms with E-state index in [1.54, 1.807) is 11.3 Å². The Morgan fingerprint density at radius 2 is 2.31 bits per heavy atom. The van der Waals surface area contributed by atoms with Crippen molar-refractivity contribution >= 4 is 11.3 Å². The van der Waals surface area contributed by atoms with Crippen molar-refractivity contribution in [3.63, 3.8) is 0 Å². The van der Waals surface area contributed by atoms with E-state index in [0.29, 0.717) is 24.5 Å². The Balaban J connectivity index is 1.78. The quantitative estimate of drug-likeness (QED) is 0.828. The van der Waals surface area contributed by atoms with Crippen molar-refractivity contribution in [2.45, 2.75) is 32.2 Å². The van der Waals surface area contributed by atoms with E-state index in [2.05, 4.69) is 29.1 Å². The second-order valence-corrected chi connectivity index (χ2v) is 5.60. The summed E-state index contributed by atoms with van der Waals surface area (Å²) < 4.78 is 0. The lowest BCUT2D eigenvalue weighted by Gasteiger charge is -2.20. The molecular weight excluding hydrogens is 218 g/mol. The van der Waals surface area contributed by atoms with Crippen LogP contribution in [0.4, 0.5) is 0 Å². The van der Waals surface area contributed by atoms with Gasteiger partial charge in [0.2, 0.25) is 0 Å². The molecule has 1 aromatic rings. The second kappa shape index (κ2) is 5.80. The van der Waals surface area contributed by atoms with E-state index < -0.39 is 0 Å². The van der Waals surface area contributed by atoms with Crippen LogP contribution in [0.15, 0.2) is 16.8 Å². The molecule has 2 N–H and O–H groups in total. The van der Waals surface area contributed by atoms with Crippen LogP contribution in [-0.4, -0.2) is 18.3 Å². The number of hydrogen-bond donors (Lipinski definition) is 2. The van der Waals surface area contributed by atoms with E-state index >= 15 is 0 Å². The molecule has 2 nitrogen and oxygen atoms in total. The Morgan fingerprint density at radius 3 is 3.00 bits per heavy atom. The number of thiophene rings is 1. The van der Waals surface area contributed by atoms with Gasteiger partial charge in [-0.2, -0.15) is 11.3 Å². The summed E-state index contributed by atoms with van der Waals surface area (Å²) >= 11 is 1.75. The molecule has 2 rings (SSSR count). The SMILES string of the molecule is CC(NCC1CCCC1CO)c1ccsc1. The molecule has 1 aliphatic rings. The Kier molecular flexibility index (Phi) is 4.38. The zero-order valence-electron chi connectivity index (χ0n) is 9.86. The molecule has 0 amide bonds. The van der Waals surface area contributed by atoms with E-state index in [4.69, 9.17) is 0 Å². The largest absolute Gasteiger partial charge is 0.396 e. The lowest BCUT2D eigenvalue weighted by atomic mass is 9.96. The summed E-state index contributed by atoms with van der Waals surface area (Å²) in [5, 5.41) is 17.2. The molecule has 3 heteroatoms. The molecule has 3 atom stereocenters. The first-order chi connectivity index (χ1) is 7.81. The van der Waals surface area contributed by atoms with Gasteiger partial charge in [0.15, 0.2) is 0 Å². The zero-order valence-corrected chi connectivity index (χ0v) is 10.7. The molecule has 0 aromatic carbocycles. The van der Waals surface area contributed by atoms with Gasteiger partial charge in [-0.25, -0.2) is 0 Å². The Hall–Kier alpha value is -0.380. The third-order valence-electron chi connectivity index (χ3n) is 3.78. The Bertz CT molecular complexity index is 299. The average molecular weight is 239 g/mol. The number of rotatable bonds is 5. The van der Waals surface area contributed by atoms with Crippen molar-refractivity contribution in [1.82, 2.24) is 5.32 Å². The van der Waals surface area contributed by atoms with E-state index in [0.717, 1.165) is 6.54 Å². The summed E-state index contributed by atoms with van der Waals surface area (Å²) in [6.07, 6.45) is 3.76. The predicted octanol–water partition coefficient (Wildman–Crippen LogP) is 2.81. The highest BCUT2D eigenvalue weighted by Gasteiger charge is 2.26. The van der Waals surface area contributed by atoms with Gasteiger partial charge in [0.05, 0.1) is 0 Å². The third kappa shape index (κ3) is 2.84. The molecule has 90 valence electrons. The topological polar surface area (TPSA) is 32.3 Å². The number of aliphatic hydroxyl groups is 1. The minimum Gasteiger partial charge on any atom is -0.396 e. The van der Waals surface area contributed by atoms with E-state index in [1.807, 2.05) is 0 Å². The molecule has 1 aromatic heterocycles. The van der Waals surface area contributed by atoms with Crippen LogP contribution < -0.4 is 5.32 Å².